The van der Waals surface area contributed by atoms with Crippen molar-refractivity contribution in [3.63, 3.8) is 0 Å². The number of anilines is 1. The summed E-state index contributed by atoms with van der Waals surface area (Å²) in [5.74, 6) is -0.666. The topological polar surface area (TPSA) is 109 Å². The number of carbonyl (C=O) groups excluding carboxylic acids is 2. The van der Waals surface area contributed by atoms with Crippen molar-refractivity contribution in [3.8, 4) is 0 Å². The molecular weight excluding hydrogens is 450 g/mol. The van der Waals surface area contributed by atoms with Crippen molar-refractivity contribution in [2.75, 3.05) is 18.9 Å². The van der Waals surface area contributed by atoms with E-state index in [4.69, 9.17) is 16.0 Å². The first kappa shape index (κ1) is 22.0. The van der Waals surface area contributed by atoms with E-state index in [0.29, 0.717) is 10.0 Å². The van der Waals surface area contributed by atoms with Gasteiger partial charge in [0.1, 0.15) is 4.21 Å². The lowest BCUT2D eigenvalue weighted by molar-refractivity contribution is -0.121. The van der Waals surface area contributed by atoms with Crippen molar-refractivity contribution in [3.05, 3.63) is 70.5 Å². The van der Waals surface area contributed by atoms with Crippen molar-refractivity contribution < 1.29 is 22.4 Å². The number of furan rings is 1. The standard InChI is InChI=1S/C19H18ClN3O5S2/c1-23(30(26,27)18-8-7-16(20)29-18)12-17(24)21-11-13-4-2-5-14(10-13)22-19(25)15-6-3-9-28-15/h2-10H,11-12H2,1H3,(H,21,24)(H,22,25). The monoisotopic (exact) mass is 467 g/mol. The Morgan fingerprint density at radius 3 is 2.63 bits per heavy atom. The van der Waals surface area contributed by atoms with Gasteiger partial charge in [-0.05, 0) is 42.0 Å². The summed E-state index contributed by atoms with van der Waals surface area (Å²) < 4.78 is 31.3. The van der Waals surface area contributed by atoms with Crippen LogP contribution in [0.3, 0.4) is 0 Å². The summed E-state index contributed by atoms with van der Waals surface area (Å²) in [4.78, 5) is 24.2. The molecule has 158 valence electrons. The van der Waals surface area contributed by atoms with Crippen LogP contribution in [0, 0.1) is 0 Å². The van der Waals surface area contributed by atoms with Crippen molar-refractivity contribution >= 4 is 50.5 Å². The zero-order valence-corrected chi connectivity index (χ0v) is 18.2. The van der Waals surface area contributed by atoms with E-state index in [-0.39, 0.29) is 29.0 Å². The van der Waals surface area contributed by atoms with Gasteiger partial charge in [0.15, 0.2) is 5.76 Å². The third-order valence-corrected chi connectivity index (χ3v) is 7.50. The van der Waals surface area contributed by atoms with Gasteiger partial charge in [0.05, 0.1) is 17.1 Å². The quantitative estimate of drug-likeness (QED) is 0.528. The minimum absolute atomic E-state index is 0.0720. The van der Waals surface area contributed by atoms with Gasteiger partial charge >= 0.3 is 0 Å². The highest BCUT2D eigenvalue weighted by Crippen LogP contribution is 2.27. The Balaban J connectivity index is 1.55. The molecule has 0 unspecified atom stereocenters. The lowest BCUT2D eigenvalue weighted by atomic mass is 10.2. The van der Waals surface area contributed by atoms with E-state index in [1.54, 1.807) is 36.4 Å². The van der Waals surface area contributed by atoms with E-state index < -0.39 is 15.9 Å². The molecule has 2 aromatic heterocycles. The summed E-state index contributed by atoms with van der Waals surface area (Å²) in [5, 5.41) is 5.37. The minimum Gasteiger partial charge on any atom is -0.459 e. The van der Waals surface area contributed by atoms with E-state index in [9.17, 15) is 18.0 Å². The molecule has 0 atom stereocenters. The number of hydrogen-bond donors (Lipinski definition) is 2. The third-order valence-electron chi connectivity index (χ3n) is 4.00. The number of nitrogens with one attached hydrogen (secondary N) is 2. The molecule has 0 aliphatic heterocycles. The fourth-order valence-electron chi connectivity index (χ4n) is 2.49. The Bertz CT molecular complexity index is 1140. The molecule has 2 heterocycles. The van der Waals surface area contributed by atoms with Crippen LogP contribution in [0.5, 0.6) is 0 Å². The summed E-state index contributed by atoms with van der Waals surface area (Å²) >= 11 is 6.72. The average molecular weight is 468 g/mol. The largest absolute Gasteiger partial charge is 0.459 e. The van der Waals surface area contributed by atoms with E-state index >= 15 is 0 Å². The number of sulfonamides is 1. The maximum absolute atomic E-state index is 12.4. The second kappa shape index (κ2) is 9.43. The molecule has 3 rings (SSSR count). The van der Waals surface area contributed by atoms with Crippen LogP contribution in [0.15, 0.2) is 63.4 Å². The number of thiophene rings is 1. The van der Waals surface area contributed by atoms with Gasteiger partial charge in [0, 0.05) is 19.3 Å². The summed E-state index contributed by atoms with van der Waals surface area (Å²) in [6, 6.07) is 13.0. The van der Waals surface area contributed by atoms with Crippen LogP contribution < -0.4 is 10.6 Å². The van der Waals surface area contributed by atoms with E-state index in [1.165, 1.54) is 25.4 Å². The molecule has 2 N–H and O–H groups in total. The summed E-state index contributed by atoms with van der Waals surface area (Å²) in [5.41, 5.74) is 1.27. The molecule has 0 saturated carbocycles. The highest BCUT2D eigenvalue weighted by atomic mass is 35.5. The van der Waals surface area contributed by atoms with Crippen LogP contribution >= 0.6 is 22.9 Å². The molecule has 0 saturated heterocycles. The number of carbonyl (C=O) groups is 2. The maximum Gasteiger partial charge on any atom is 0.291 e. The number of nitrogens with zero attached hydrogens (tertiary/aromatic N) is 1. The molecule has 0 aliphatic rings. The van der Waals surface area contributed by atoms with Gasteiger partial charge in [-0.2, -0.15) is 4.31 Å². The number of rotatable bonds is 8. The lowest BCUT2D eigenvalue weighted by Gasteiger charge is -2.16. The highest BCUT2D eigenvalue weighted by Gasteiger charge is 2.24. The Morgan fingerprint density at radius 2 is 1.97 bits per heavy atom. The lowest BCUT2D eigenvalue weighted by Crippen LogP contribution is -2.37. The van der Waals surface area contributed by atoms with Gasteiger partial charge in [-0.15, -0.1) is 11.3 Å². The molecule has 0 bridgehead atoms. The zero-order valence-electron chi connectivity index (χ0n) is 15.8. The van der Waals surface area contributed by atoms with Gasteiger partial charge in [0.25, 0.3) is 15.9 Å². The number of amides is 2. The molecule has 30 heavy (non-hydrogen) atoms. The molecule has 0 spiro atoms. The average Bonchev–Trinajstić information content (AvgIpc) is 3.39. The highest BCUT2D eigenvalue weighted by molar-refractivity contribution is 7.91. The Hall–Kier alpha value is -2.66. The number of hydrogen-bond acceptors (Lipinski definition) is 6. The minimum atomic E-state index is -3.79. The smallest absolute Gasteiger partial charge is 0.291 e. The first-order valence-corrected chi connectivity index (χ1v) is 11.3. The molecule has 1 aromatic carbocycles. The van der Waals surface area contributed by atoms with Gasteiger partial charge in [-0.1, -0.05) is 23.7 Å². The summed E-state index contributed by atoms with van der Waals surface area (Å²) in [6.45, 7) is -0.172. The second-order valence-electron chi connectivity index (χ2n) is 6.23. The van der Waals surface area contributed by atoms with Crippen LogP contribution in [0.1, 0.15) is 16.1 Å². The van der Waals surface area contributed by atoms with Gasteiger partial charge in [0.2, 0.25) is 5.91 Å². The van der Waals surface area contributed by atoms with Crippen LogP contribution in [0.2, 0.25) is 4.34 Å². The first-order valence-electron chi connectivity index (χ1n) is 8.68. The third kappa shape index (κ3) is 5.48. The Labute approximate surface area is 182 Å². The molecule has 8 nitrogen and oxygen atoms in total. The Morgan fingerprint density at radius 1 is 1.17 bits per heavy atom. The summed E-state index contributed by atoms with van der Waals surface area (Å²) in [7, 11) is -2.46. The van der Waals surface area contributed by atoms with Gasteiger partial charge in [-0.25, -0.2) is 8.42 Å². The van der Waals surface area contributed by atoms with Crippen LogP contribution in [0.4, 0.5) is 5.69 Å². The van der Waals surface area contributed by atoms with E-state index in [0.717, 1.165) is 21.2 Å². The van der Waals surface area contributed by atoms with Gasteiger partial charge in [-0.3, -0.25) is 9.59 Å². The second-order valence-corrected chi connectivity index (χ2v) is 10.2. The summed E-state index contributed by atoms with van der Waals surface area (Å²) in [6.07, 6.45) is 1.41. The molecule has 3 aromatic rings. The molecule has 2 amide bonds. The molecule has 0 aliphatic carbocycles. The van der Waals surface area contributed by atoms with E-state index in [1.807, 2.05) is 0 Å². The predicted molar refractivity (Wildman–Crippen MR) is 114 cm³/mol. The van der Waals surface area contributed by atoms with Crippen molar-refractivity contribution in [2.45, 2.75) is 10.8 Å². The van der Waals surface area contributed by atoms with Crippen molar-refractivity contribution in [1.29, 1.82) is 0 Å². The normalized spacial score (nSPS) is 11.4. The van der Waals surface area contributed by atoms with Crippen LogP contribution in [-0.2, 0) is 21.4 Å². The fourth-order valence-corrected chi connectivity index (χ4v) is 5.31. The number of likely N-dealkylation sites (N-methyl/N-ethyl adjacent to an activating group) is 1. The zero-order chi connectivity index (χ0) is 21.7. The van der Waals surface area contributed by atoms with E-state index in [2.05, 4.69) is 10.6 Å². The number of halogens is 1. The molecule has 11 heteroatoms. The Kier molecular flexibility index (Phi) is 6.93. The number of benzene rings is 1. The first-order chi connectivity index (χ1) is 14.3. The van der Waals surface area contributed by atoms with Crippen molar-refractivity contribution in [2.24, 2.45) is 0 Å². The van der Waals surface area contributed by atoms with Crippen molar-refractivity contribution in [1.82, 2.24) is 9.62 Å². The maximum atomic E-state index is 12.4. The SMILES string of the molecule is CN(CC(=O)NCc1cccc(NC(=O)c2ccco2)c1)S(=O)(=O)c1ccc(Cl)s1. The predicted octanol–water partition coefficient (Wildman–Crippen LogP) is 3.18. The molecular formula is C19H18ClN3O5S2. The van der Waals surface area contributed by atoms with Crippen LogP contribution in [-0.4, -0.2) is 38.1 Å². The molecule has 0 radical (unpaired) electrons. The fraction of sp³-hybridized carbons (Fsp3) is 0.158. The van der Waals surface area contributed by atoms with Crippen LogP contribution in [0.25, 0.3) is 0 Å². The molecule has 0 fully saturated rings. The van der Waals surface area contributed by atoms with Gasteiger partial charge < -0.3 is 15.1 Å².